The Morgan fingerprint density at radius 3 is 2.62 bits per heavy atom. The van der Waals surface area contributed by atoms with Gasteiger partial charge in [-0.2, -0.15) is 13.2 Å². The zero-order chi connectivity index (χ0) is 24.5. The first-order valence-electron chi connectivity index (χ1n) is 10.9. The van der Waals surface area contributed by atoms with Crippen molar-refractivity contribution >= 4 is 23.5 Å². The van der Waals surface area contributed by atoms with Gasteiger partial charge in [0.15, 0.2) is 11.5 Å². The second kappa shape index (κ2) is 9.59. The molecule has 11 heteroatoms. The van der Waals surface area contributed by atoms with E-state index in [2.05, 4.69) is 14.9 Å². The summed E-state index contributed by atoms with van der Waals surface area (Å²) >= 11 is 0. The Bertz CT molecular complexity index is 1200. The molecule has 0 bridgehead atoms. The van der Waals surface area contributed by atoms with Gasteiger partial charge in [0.25, 0.3) is 0 Å². The van der Waals surface area contributed by atoms with Crippen molar-refractivity contribution in [2.75, 3.05) is 45.3 Å². The Balaban J connectivity index is 1.87. The quantitative estimate of drug-likeness (QED) is 0.435. The number of aliphatic imine (C=N–C) groups is 1. The molecule has 1 aliphatic rings. The molecule has 0 radical (unpaired) electrons. The monoisotopic (exact) mass is 476 g/mol. The van der Waals surface area contributed by atoms with Crippen molar-refractivity contribution in [1.29, 1.82) is 0 Å². The average Bonchev–Trinajstić information content (AvgIpc) is 3.16. The molecule has 3 aromatic rings. The Kier molecular flexibility index (Phi) is 6.76. The summed E-state index contributed by atoms with van der Waals surface area (Å²) in [6.07, 6.45) is -2.68. The van der Waals surface area contributed by atoms with Gasteiger partial charge in [-0.1, -0.05) is 12.1 Å². The van der Waals surface area contributed by atoms with Gasteiger partial charge in [0.2, 0.25) is 0 Å². The van der Waals surface area contributed by atoms with E-state index in [9.17, 15) is 18.3 Å². The van der Waals surface area contributed by atoms with E-state index in [0.717, 1.165) is 6.07 Å². The number of imidazole rings is 1. The molecule has 8 nitrogen and oxygen atoms in total. The third kappa shape index (κ3) is 4.85. The molecule has 3 heterocycles. The number of nitrogens with zero attached hydrogens (tertiary/aromatic N) is 6. The summed E-state index contributed by atoms with van der Waals surface area (Å²) in [6, 6.07) is 5.95. The smallest absolute Gasteiger partial charge is 0.390 e. The molecule has 1 fully saturated rings. The molecule has 0 saturated carbocycles. The number of fused-ring (bicyclic) bond motifs is 1. The first kappa shape index (κ1) is 24.0. The summed E-state index contributed by atoms with van der Waals surface area (Å²) in [6.45, 7) is 3.52. The normalized spacial score (nSPS) is 15.0. The van der Waals surface area contributed by atoms with Gasteiger partial charge < -0.3 is 19.6 Å². The highest BCUT2D eigenvalue weighted by molar-refractivity contribution is 5.74. The van der Waals surface area contributed by atoms with Gasteiger partial charge in [-0.25, -0.2) is 14.5 Å². The number of aromatic nitrogens is 3. The maximum atomic E-state index is 13.5. The number of morpholine rings is 1. The molecule has 1 saturated heterocycles. The molecule has 0 atom stereocenters. The van der Waals surface area contributed by atoms with Crippen LogP contribution in [0.25, 0.3) is 5.65 Å². The lowest BCUT2D eigenvalue weighted by atomic mass is 9.98. The maximum absolute atomic E-state index is 13.5. The number of benzene rings is 1. The van der Waals surface area contributed by atoms with Crippen LogP contribution in [-0.4, -0.2) is 71.3 Å². The number of halogens is 3. The topological polar surface area (TPSA) is 78.5 Å². The van der Waals surface area contributed by atoms with Crippen molar-refractivity contribution in [3.63, 3.8) is 0 Å². The molecule has 4 rings (SSSR count). The predicted molar refractivity (Wildman–Crippen MR) is 123 cm³/mol. The fraction of sp³-hybridized carbons (Fsp3) is 0.435. The third-order valence-electron chi connectivity index (χ3n) is 5.75. The van der Waals surface area contributed by atoms with Crippen molar-refractivity contribution in [3.8, 4) is 0 Å². The number of rotatable bonds is 6. The fourth-order valence-corrected chi connectivity index (χ4v) is 3.97. The zero-order valence-electron chi connectivity index (χ0n) is 19.3. The van der Waals surface area contributed by atoms with Crippen LogP contribution in [0.4, 0.5) is 24.7 Å². The first-order chi connectivity index (χ1) is 16.2. The van der Waals surface area contributed by atoms with E-state index in [0.29, 0.717) is 60.4 Å². The zero-order valence-corrected chi connectivity index (χ0v) is 19.3. The molecule has 1 aromatic carbocycles. The molecule has 0 amide bonds. The van der Waals surface area contributed by atoms with E-state index in [1.54, 1.807) is 21.8 Å². The van der Waals surface area contributed by atoms with Gasteiger partial charge in [-0.15, -0.1) is 5.10 Å². The van der Waals surface area contributed by atoms with Crippen LogP contribution in [0.1, 0.15) is 28.1 Å². The lowest BCUT2D eigenvalue weighted by molar-refractivity contribution is -0.138. The first-order valence-corrected chi connectivity index (χ1v) is 10.9. The lowest BCUT2D eigenvalue weighted by Crippen LogP contribution is -2.37. The Morgan fingerprint density at radius 1 is 1.24 bits per heavy atom. The van der Waals surface area contributed by atoms with Crippen LogP contribution in [-0.2, 0) is 23.9 Å². The molecule has 0 unspecified atom stereocenters. The Morgan fingerprint density at radius 2 is 1.97 bits per heavy atom. The minimum absolute atomic E-state index is 0.128. The molecular formula is C23H27F3N6O2. The number of aliphatic hydroxyl groups is 1. The van der Waals surface area contributed by atoms with E-state index >= 15 is 0 Å². The Hall–Kier alpha value is -3.18. The van der Waals surface area contributed by atoms with Crippen LogP contribution in [0, 0.1) is 6.92 Å². The summed E-state index contributed by atoms with van der Waals surface area (Å²) < 4.78 is 47.4. The molecular weight excluding hydrogens is 449 g/mol. The van der Waals surface area contributed by atoms with Crippen LogP contribution in [0.5, 0.6) is 0 Å². The van der Waals surface area contributed by atoms with Gasteiger partial charge in [0, 0.05) is 39.7 Å². The summed E-state index contributed by atoms with van der Waals surface area (Å²) in [7, 11) is 3.69. The van der Waals surface area contributed by atoms with E-state index in [-0.39, 0.29) is 18.6 Å². The highest BCUT2D eigenvalue weighted by Crippen LogP contribution is 2.34. The molecule has 182 valence electrons. The minimum atomic E-state index is -4.45. The van der Waals surface area contributed by atoms with Gasteiger partial charge in [0.1, 0.15) is 5.69 Å². The van der Waals surface area contributed by atoms with Crippen LogP contribution >= 0.6 is 0 Å². The van der Waals surface area contributed by atoms with Crippen LogP contribution in [0.2, 0.25) is 0 Å². The minimum Gasteiger partial charge on any atom is -0.390 e. The lowest BCUT2D eigenvalue weighted by Gasteiger charge is -2.28. The third-order valence-corrected chi connectivity index (χ3v) is 5.75. The predicted octanol–water partition coefficient (Wildman–Crippen LogP) is 3.20. The van der Waals surface area contributed by atoms with Crippen LogP contribution in [0.3, 0.4) is 0 Å². The van der Waals surface area contributed by atoms with Crippen molar-refractivity contribution in [1.82, 2.24) is 19.5 Å². The van der Waals surface area contributed by atoms with Crippen molar-refractivity contribution in [3.05, 3.63) is 52.3 Å². The number of hydrogen-bond acceptors (Lipinski definition) is 6. The van der Waals surface area contributed by atoms with Crippen molar-refractivity contribution in [2.45, 2.75) is 26.1 Å². The van der Waals surface area contributed by atoms with Gasteiger partial charge in [-0.3, -0.25) is 0 Å². The van der Waals surface area contributed by atoms with E-state index in [4.69, 9.17) is 9.84 Å². The number of anilines is 1. The van der Waals surface area contributed by atoms with Crippen molar-refractivity contribution in [2.24, 2.45) is 4.99 Å². The second-order valence-electron chi connectivity index (χ2n) is 8.36. The summed E-state index contributed by atoms with van der Waals surface area (Å²) in [5, 5.41) is 14.8. The number of ether oxygens (including phenoxy) is 1. The van der Waals surface area contributed by atoms with E-state index < -0.39 is 11.7 Å². The standard InChI is InChI=1S/C23H27F3N6O2/c1-15-16(5-4-6-17(15)23(24,25)26)11-20-19(13-33)28-22-18(27-14-30(2)3)12-21(29-32(20)22)31-7-9-34-10-8-31/h4-6,12,14,33H,7-11,13H2,1-3H3/b27-14+. The number of aliphatic hydroxyl groups excluding tert-OH is 1. The SMILES string of the molecule is Cc1c(Cc2c(CO)nc3c(/N=C/N(C)C)cc(N4CCOCC4)nn23)cccc1C(F)(F)F. The second-order valence-corrected chi connectivity index (χ2v) is 8.36. The summed E-state index contributed by atoms with van der Waals surface area (Å²) in [4.78, 5) is 12.9. The number of alkyl halides is 3. The van der Waals surface area contributed by atoms with Crippen LogP contribution < -0.4 is 4.90 Å². The molecule has 1 aliphatic heterocycles. The summed E-state index contributed by atoms with van der Waals surface area (Å²) in [5.74, 6) is 0.658. The van der Waals surface area contributed by atoms with Crippen molar-refractivity contribution < 1.29 is 23.0 Å². The molecule has 1 N–H and O–H groups in total. The highest BCUT2D eigenvalue weighted by atomic mass is 19.4. The fourth-order valence-electron chi connectivity index (χ4n) is 3.97. The largest absolute Gasteiger partial charge is 0.416 e. The van der Waals surface area contributed by atoms with Gasteiger partial charge in [-0.05, 0) is 24.1 Å². The molecule has 0 aliphatic carbocycles. The summed E-state index contributed by atoms with van der Waals surface area (Å²) in [5.41, 5.74) is 1.81. The molecule has 34 heavy (non-hydrogen) atoms. The Labute approximate surface area is 195 Å². The number of hydrogen-bond donors (Lipinski definition) is 1. The van der Waals surface area contributed by atoms with E-state index in [1.165, 1.54) is 13.0 Å². The van der Waals surface area contributed by atoms with E-state index in [1.807, 2.05) is 20.2 Å². The average molecular weight is 477 g/mol. The maximum Gasteiger partial charge on any atom is 0.416 e. The molecule has 0 spiro atoms. The van der Waals surface area contributed by atoms with Gasteiger partial charge >= 0.3 is 6.18 Å². The molecule has 2 aromatic heterocycles. The van der Waals surface area contributed by atoms with Gasteiger partial charge in [0.05, 0.1) is 43.1 Å². The van der Waals surface area contributed by atoms with Crippen LogP contribution in [0.15, 0.2) is 29.3 Å². The highest BCUT2D eigenvalue weighted by Gasteiger charge is 2.33.